The maximum atomic E-state index is 8.31. The molecule has 0 saturated carbocycles. The van der Waals surface area contributed by atoms with Gasteiger partial charge < -0.3 is 14.3 Å². The van der Waals surface area contributed by atoms with Gasteiger partial charge in [0.1, 0.15) is 0 Å². The zero-order valence-electron chi connectivity index (χ0n) is 7.10. The number of hydrogen-bond acceptors (Lipinski definition) is 3. The van der Waals surface area contributed by atoms with Crippen LogP contribution in [0.4, 0.5) is 0 Å². The fourth-order valence-electron chi connectivity index (χ4n) is 0.675. The molecular formula is C6H17Cl2O3P. The van der Waals surface area contributed by atoms with Crippen LogP contribution < -0.4 is 0 Å². The Kier molecular flexibility index (Phi) is 22.4. The smallest absolute Gasteiger partial charge is 0.327 e. The Morgan fingerprint density at radius 2 is 1.67 bits per heavy atom. The summed E-state index contributed by atoms with van der Waals surface area (Å²) in [6.45, 7) is 2.60. The molecule has 0 rings (SSSR count). The van der Waals surface area contributed by atoms with E-state index >= 15 is 0 Å². The van der Waals surface area contributed by atoms with E-state index in [9.17, 15) is 0 Å². The van der Waals surface area contributed by atoms with Crippen molar-refractivity contribution in [3.05, 3.63) is 0 Å². The van der Waals surface area contributed by atoms with Crippen molar-refractivity contribution in [3.63, 3.8) is 0 Å². The van der Waals surface area contributed by atoms with Gasteiger partial charge in [-0.15, -0.1) is 24.8 Å². The Labute approximate surface area is 87.3 Å². The summed E-state index contributed by atoms with van der Waals surface area (Å²) in [6.07, 6.45) is 4.42. The van der Waals surface area contributed by atoms with Crippen LogP contribution in [0.1, 0.15) is 32.6 Å². The van der Waals surface area contributed by atoms with Crippen LogP contribution in [0.5, 0.6) is 0 Å². The van der Waals surface area contributed by atoms with E-state index in [1.165, 1.54) is 12.8 Å². The summed E-state index contributed by atoms with van der Waals surface area (Å²) in [5.74, 6) is 0. The molecule has 0 aliphatic heterocycles. The lowest BCUT2D eigenvalue weighted by Gasteiger charge is -2.01. The van der Waals surface area contributed by atoms with Crippen molar-refractivity contribution >= 4 is 33.4 Å². The van der Waals surface area contributed by atoms with Crippen LogP contribution in [0.3, 0.4) is 0 Å². The lowest BCUT2D eigenvalue weighted by atomic mass is 10.2. The molecule has 6 heteroatoms. The molecule has 0 aromatic carbocycles. The number of unbranched alkanes of at least 4 members (excludes halogenated alkanes) is 3. The summed E-state index contributed by atoms with van der Waals surface area (Å²) < 4.78 is 4.56. The molecule has 0 bridgehead atoms. The van der Waals surface area contributed by atoms with Gasteiger partial charge in [-0.05, 0) is 6.42 Å². The minimum atomic E-state index is -2.12. The quantitative estimate of drug-likeness (QED) is 0.553. The largest absolute Gasteiger partial charge is 0.328 e. The highest BCUT2D eigenvalue weighted by molar-refractivity contribution is 7.39. The number of hydrogen-bond donors (Lipinski definition) is 2. The van der Waals surface area contributed by atoms with Gasteiger partial charge in [0, 0.05) is 0 Å². The van der Waals surface area contributed by atoms with E-state index in [2.05, 4.69) is 11.4 Å². The van der Waals surface area contributed by atoms with E-state index in [1.54, 1.807) is 0 Å². The molecule has 0 saturated heterocycles. The number of halogens is 2. The third-order valence-electron chi connectivity index (χ3n) is 1.20. The summed E-state index contributed by atoms with van der Waals surface area (Å²) in [7, 11) is -2.12. The zero-order chi connectivity index (χ0) is 7.82. The van der Waals surface area contributed by atoms with Crippen LogP contribution in [0, 0.1) is 0 Å². The molecule has 0 aliphatic rings. The Bertz CT molecular complexity index is 75.8. The molecule has 12 heavy (non-hydrogen) atoms. The van der Waals surface area contributed by atoms with Gasteiger partial charge in [0.05, 0.1) is 6.61 Å². The average molecular weight is 239 g/mol. The van der Waals surface area contributed by atoms with Crippen LogP contribution in [-0.4, -0.2) is 16.4 Å². The first-order valence-electron chi connectivity index (χ1n) is 3.58. The van der Waals surface area contributed by atoms with E-state index in [-0.39, 0.29) is 24.8 Å². The van der Waals surface area contributed by atoms with Crippen LogP contribution in [-0.2, 0) is 4.52 Å². The van der Waals surface area contributed by atoms with Crippen molar-refractivity contribution in [2.24, 2.45) is 0 Å². The van der Waals surface area contributed by atoms with Gasteiger partial charge in [-0.1, -0.05) is 26.2 Å². The normalized spacial score (nSPS) is 9.00. The van der Waals surface area contributed by atoms with Crippen molar-refractivity contribution in [3.8, 4) is 0 Å². The predicted molar refractivity (Wildman–Crippen MR) is 55.9 cm³/mol. The van der Waals surface area contributed by atoms with Gasteiger partial charge in [0.25, 0.3) is 0 Å². The summed E-state index contributed by atoms with van der Waals surface area (Å²) in [5.41, 5.74) is 0. The second-order valence-corrected chi connectivity index (χ2v) is 2.91. The predicted octanol–water partition coefficient (Wildman–Crippen LogP) is 2.64. The Hall–Kier alpha value is 0.890. The average Bonchev–Trinajstić information content (AvgIpc) is 1.87. The molecule has 0 atom stereocenters. The van der Waals surface area contributed by atoms with Crippen molar-refractivity contribution in [2.75, 3.05) is 6.61 Å². The van der Waals surface area contributed by atoms with Crippen LogP contribution in [0.25, 0.3) is 0 Å². The molecule has 0 aromatic heterocycles. The molecule has 0 aromatic rings. The van der Waals surface area contributed by atoms with Gasteiger partial charge in [0.2, 0.25) is 0 Å². The zero-order valence-corrected chi connectivity index (χ0v) is 9.63. The highest BCUT2D eigenvalue weighted by Gasteiger charge is 1.96. The molecule has 0 radical (unpaired) electrons. The molecule has 2 N–H and O–H groups in total. The lowest BCUT2D eigenvalue weighted by molar-refractivity contribution is 0.249. The first kappa shape index (κ1) is 18.6. The summed E-state index contributed by atoms with van der Waals surface area (Å²) in [6, 6.07) is 0. The lowest BCUT2D eigenvalue weighted by Crippen LogP contribution is -1.88. The van der Waals surface area contributed by atoms with Crippen molar-refractivity contribution in [2.45, 2.75) is 32.6 Å². The minimum absolute atomic E-state index is 0. The summed E-state index contributed by atoms with van der Waals surface area (Å²) in [5, 5.41) is 0. The number of rotatable bonds is 6. The second-order valence-electron chi connectivity index (χ2n) is 2.15. The molecule has 0 fully saturated rings. The summed E-state index contributed by atoms with van der Waals surface area (Å²) in [4.78, 5) is 16.6. The minimum Gasteiger partial charge on any atom is -0.328 e. The monoisotopic (exact) mass is 238 g/mol. The molecule has 3 nitrogen and oxygen atoms in total. The van der Waals surface area contributed by atoms with Gasteiger partial charge >= 0.3 is 8.60 Å². The fraction of sp³-hybridized carbons (Fsp3) is 1.00. The molecule has 78 valence electrons. The van der Waals surface area contributed by atoms with Crippen molar-refractivity contribution in [1.82, 2.24) is 0 Å². The van der Waals surface area contributed by atoms with Gasteiger partial charge in [0.15, 0.2) is 0 Å². The Morgan fingerprint density at radius 3 is 2.08 bits per heavy atom. The Morgan fingerprint density at radius 1 is 1.08 bits per heavy atom. The van der Waals surface area contributed by atoms with E-state index in [0.29, 0.717) is 6.61 Å². The van der Waals surface area contributed by atoms with E-state index in [1.807, 2.05) is 0 Å². The third-order valence-corrected chi connectivity index (χ3v) is 1.62. The highest BCUT2D eigenvalue weighted by Crippen LogP contribution is 2.24. The topological polar surface area (TPSA) is 49.7 Å². The fourth-order valence-corrected chi connectivity index (χ4v) is 0.967. The third kappa shape index (κ3) is 17.1. The Balaban J connectivity index is -0.000000405. The van der Waals surface area contributed by atoms with Gasteiger partial charge in [-0.3, -0.25) is 0 Å². The van der Waals surface area contributed by atoms with E-state index in [0.717, 1.165) is 12.8 Å². The van der Waals surface area contributed by atoms with E-state index in [4.69, 9.17) is 9.79 Å². The standard InChI is InChI=1S/C6H15O3P.2ClH/c1-2-3-4-5-6-9-10(7)8;;/h7-8H,2-6H2,1H3;2*1H. The molecule has 0 aliphatic carbocycles. The molecular weight excluding hydrogens is 222 g/mol. The molecule has 0 unspecified atom stereocenters. The van der Waals surface area contributed by atoms with Gasteiger partial charge in [-0.2, -0.15) is 0 Å². The molecule has 0 amide bonds. The van der Waals surface area contributed by atoms with Crippen LogP contribution in [0.15, 0.2) is 0 Å². The second kappa shape index (κ2) is 14.4. The van der Waals surface area contributed by atoms with Crippen LogP contribution >= 0.6 is 33.4 Å². The van der Waals surface area contributed by atoms with Crippen molar-refractivity contribution < 1.29 is 14.3 Å². The van der Waals surface area contributed by atoms with Crippen LogP contribution in [0.2, 0.25) is 0 Å². The SMILES string of the molecule is CCCCCCOP(O)O.Cl.Cl. The first-order valence-corrected chi connectivity index (χ1v) is 4.74. The maximum absolute atomic E-state index is 8.31. The van der Waals surface area contributed by atoms with E-state index < -0.39 is 8.60 Å². The summed E-state index contributed by atoms with van der Waals surface area (Å²) >= 11 is 0. The van der Waals surface area contributed by atoms with Crippen molar-refractivity contribution in [1.29, 1.82) is 0 Å². The first-order chi connectivity index (χ1) is 4.77. The highest BCUT2D eigenvalue weighted by atomic mass is 35.5. The molecule has 0 heterocycles. The molecule has 0 spiro atoms. The maximum Gasteiger partial charge on any atom is 0.327 e. The van der Waals surface area contributed by atoms with Gasteiger partial charge in [-0.25, -0.2) is 0 Å².